The Bertz CT molecular complexity index is 331. The smallest absolute Gasteiger partial charge is 0.319 e. The van der Waals surface area contributed by atoms with Gasteiger partial charge in [0.15, 0.2) is 0 Å². The van der Waals surface area contributed by atoms with E-state index in [-0.39, 0.29) is 25.2 Å². The maximum atomic E-state index is 11.2. The van der Waals surface area contributed by atoms with Gasteiger partial charge in [-0.05, 0) is 38.5 Å². The number of ether oxygens (including phenoxy) is 1. The molecule has 0 saturated carbocycles. The van der Waals surface area contributed by atoms with E-state index in [1.54, 1.807) is 0 Å². The van der Waals surface area contributed by atoms with Gasteiger partial charge in [-0.1, -0.05) is 70.4 Å². The second-order valence-corrected chi connectivity index (χ2v) is 7.20. The molecule has 0 fully saturated rings. The van der Waals surface area contributed by atoms with E-state index < -0.39 is 0 Å². The lowest BCUT2D eigenvalue weighted by molar-refractivity contribution is -0.148. The zero-order chi connectivity index (χ0) is 19.3. The third-order valence-corrected chi connectivity index (χ3v) is 4.70. The summed E-state index contributed by atoms with van der Waals surface area (Å²) in [6.45, 7) is 2.22. The highest BCUT2D eigenvalue weighted by atomic mass is 16.5. The normalized spacial score (nSPS) is 12.6. The van der Waals surface area contributed by atoms with Crippen LogP contribution < -0.4 is 5.73 Å². The van der Waals surface area contributed by atoms with Crippen molar-refractivity contribution in [3.63, 3.8) is 0 Å². The maximum Gasteiger partial charge on any atom is 0.319 e. The van der Waals surface area contributed by atoms with Gasteiger partial charge in [0, 0.05) is 13.0 Å². The molecule has 0 aliphatic rings. The Kier molecular flexibility index (Phi) is 19.8. The fourth-order valence-corrected chi connectivity index (χ4v) is 3.08. The van der Waals surface area contributed by atoms with Crippen molar-refractivity contribution >= 4 is 5.97 Å². The Morgan fingerprint density at radius 1 is 0.885 bits per heavy atom. The number of aliphatic hydroxyl groups is 1. The number of nitrogens with two attached hydrogens (primary N) is 1. The average molecular weight is 370 g/mol. The Hall–Kier alpha value is -0.870. The van der Waals surface area contributed by atoms with Gasteiger partial charge < -0.3 is 15.6 Å². The van der Waals surface area contributed by atoms with Crippen molar-refractivity contribution < 1.29 is 14.6 Å². The molecule has 0 rings (SSSR count). The summed E-state index contributed by atoms with van der Waals surface area (Å²) in [7, 11) is 0. The first-order valence-corrected chi connectivity index (χ1v) is 10.9. The molecule has 1 unspecified atom stereocenters. The number of hydrogen-bond acceptors (Lipinski definition) is 4. The van der Waals surface area contributed by atoms with Crippen LogP contribution in [0.15, 0.2) is 12.2 Å². The van der Waals surface area contributed by atoms with Gasteiger partial charge in [0.05, 0.1) is 6.54 Å². The number of carbonyl (C=O) groups is 1. The van der Waals surface area contributed by atoms with E-state index in [0.29, 0.717) is 6.42 Å². The second-order valence-electron chi connectivity index (χ2n) is 7.20. The minimum atomic E-state index is -0.379. The number of esters is 1. The van der Waals surface area contributed by atoms with Crippen LogP contribution in [0.3, 0.4) is 0 Å². The predicted molar refractivity (Wildman–Crippen MR) is 110 cm³/mol. The summed E-state index contributed by atoms with van der Waals surface area (Å²) < 4.78 is 5.23. The molecule has 4 nitrogen and oxygen atoms in total. The largest absolute Gasteiger partial charge is 0.461 e. The van der Waals surface area contributed by atoms with E-state index in [4.69, 9.17) is 15.6 Å². The van der Waals surface area contributed by atoms with E-state index in [1.807, 2.05) is 0 Å². The molecular weight excluding hydrogens is 326 g/mol. The summed E-state index contributed by atoms with van der Waals surface area (Å²) in [4.78, 5) is 11.2. The van der Waals surface area contributed by atoms with Gasteiger partial charge in [-0.15, -0.1) is 0 Å². The van der Waals surface area contributed by atoms with Gasteiger partial charge in [0.1, 0.15) is 6.10 Å². The molecule has 26 heavy (non-hydrogen) atoms. The molecule has 0 heterocycles. The summed E-state index contributed by atoms with van der Waals surface area (Å²) >= 11 is 0. The van der Waals surface area contributed by atoms with Crippen molar-refractivity contribution in [2.75, 3.05) is 13.2 Å². The van der Waals surface area contributed by atoms with E-state index in [1.165, 1.54) is 70.6 Å². The molecule has 0 aliphatic heterocycles. The molecule has 0 spiro atoms. The number of rotatable bonds is 19. The van der Waals surface area contributed by atoms with Crippen LogP contribution in [-0.4, -0.2) is 30.3 Å². The zero-order valence-electron chi connectivity index (χ0n) is 17.1. The average Bonchev–Trinajstić information content (AvgIpc) is 2.64. The van der Waals surface area contributed by atoms with Gasteiger partial charge in [-0.25, -0.2) is 0 Å². The highest BCUT2D eigenvalue weighted by Crippen LogP contribution is 2.13. The van der Waals surface area contributed by atoms with Crippen molar-refractivity contribution in [3.05, 3.63) is 12.2 Å². The summed E-state index contributed by atoms with van der Waals surface area (Å²) in [5.74, 6) is -0.379. The summed E-state index contributed by atoms with van der Waals surface area (Å²) in [5.41, 5.74) is 5.26. The number of unbranched alkanes of at least 4 members (excludes halogenated alkanes) is 11. The number of hydrogen-bond donors (Lipinski definition) is 2. The third kappa shape index (κ3) is 17.9. The highest BCUT2D eigenvalue weighted by molar-refractivity contribution is 5.71. The van der Waals surface area contributed by atoms with E-state index in [9.17, 15) is 4.79 Å². The van der Waals surface area contributed by atoms with Crippen LogP contribution in [0, 0.1) is 0 Å². The van der Waals surface area contributed by atoms with Crippen LogP contribution in [0.4, 0.5) is 0 Å². The predicted octanol–water partition coefficient (Wildman–Crippen LogP) is 5.28. The Morgan fingerprint density at radius 3 is 1.96 bits per heavy atom. The number of carbonyl (C=O) groups excluding carboxylic acids is 1. The molecule has 4 heteroatoms. The Balaban J connectivity index is 3.40. The molecule has 0 aliphatic carbocycles. The number of aliphatic hydroxyl groups excluding tert-OH is 1. The minimum Gasteiger partial charge on any atom is -0.461 e. The van der Waals surface area contributed by atoms with E-state index in [2.05, 4.69) is 19.1 Å². The SMILES string of the molecule is CCCCCCCC/C=C\CCCCCCCC(CCO)OC(=O)CN. The second kappa shape index (κ2) is 20.4. The molecular formula is C22H43NO3. The quantitative estimate of drug-likeness (QED) is 0.185. The maximum absolute atomic E-state index is 11.2. The van der Waals surface area contributed by atoms with Crippen molar-refractivity contribution in [2.24, 2.45) is 5.73 Å². The lowest BCUT2D eigenvalue weighted by Crippen LogP contribution is -2.24. The first-order valence-electron chi connectivity index (χ1n) is 10.9. The minimum absolute atomic E-state index is 0.0492. The fourth-order valence-electron chi connectivity index (χ4n) is 3.08. The first-order chi connectivity index (χ1) is 12.7. The van der Waals surface area contributed by atoms with Crippen LogP contribution in [0.25, 0.3) is 0 Å². The zero-order valence-corrected chi connectivity index (χ0v) is 17.1. The van der Waals surface area contributed by atoms with Crippen LogP contribution in [-0.2, 0) is 9.53 Å². The Labute approximate surface area is 161 Å². The lowest BCUT2D eigenvalue weighted by Gasteiger charge is -2.16. The van der Waals surface area contributed by atoms with Gasteiger partial charge in [0.25, 0.3) is 0 Å². The van der Waals surface area contributed by atoms with Gasteiger partial charge in [0.2, 0.25) is 0 Å². The first kappa shape index (κ1) is 25.1. The van der Waals surface area contributed by atoms with Gasteiger partial charge in [-0.2, -0.15) is 0 Å². The molecule has 3 N–H and O–H groups in total. The monoisotopic (exact) mass is 369 g/mol. The molecule has 0 aromatic carbocycles. The van der Waals surface area contributed by atoms with Gasteiger partial charge in [-0.3, -0.25) is 4.79 Å². The lowest BCUT2D eigenvalue weighted by atomic mass is 10.0. The van der Waals surface area contributed by atoms with Crippen molar-refractivity contribution in [1.82, 2.24) is 0 Å². The fraction of sp³-hybridized carbons (Fsp3) is 0.864. The van der Waals surface area contributed by atoms with Crippen molar-refractivity contribution in [1.29, 1.82) is 0 Å². The molecule has 0 aromatic heterocycles. The Morgan fingerprint density at radius 2 is 1.42 bits per heavy atom. The molecule has 0 amide bonds. The summed E-state index contributed by atoms with van der Waals surface area (Å²) in [6, 6.07) is 0. The molecule has 0 bridgehead atoms. The highest BCUT2D eigenvalue weighted by Gasteiger charge is 2.12. The van der Waals surface area contributed by atoms with Crippen LogP contribution in [0.5, 0.6) is 0 Å². The van der Waals surface area contributed by atoms with Crippen molar-refractivity contribution in [3.8, 4) is 0 Å². The third-order valence-electron chi connectivity index (χ3n) is 4.70. The van der Waals surface area contributed by atoms with E-state index >= 15 is 0 Å². The molecule has 0 saturated heterocycles. The topological polar surface area (TPSA) is 72.5 Å². The standard InChI is InChI=1S/C22H43NO3/c1-2-3-4-5-6-7-8-9-10-11-12-13-14-15-16-17-21(18-19-24)26-22(25)20-23/h9-10,21,24H,2-8,11-20,23H2,1H3/b10-9-. The van der Waals surface area contributed by atoms with Crippen LogP contribution >= 0.6 is 0 Å². The van der Waals surface area contributed by atoms with Crippen LogP contribution in [0.1, 0.15) is 103 Å². The number of allylic oxidation sites excluding steroid dienone is 2. The molecule has 0 radical (unpaired) electrons. The summed E-state index contributed by atoms with van der Waals surface area (Å²) in [5, 5.41) is 9.02. The molecule has 154 valence electrons. The van der Waals surface area contributed by atoms with E-state index in [0.717, 1.165) is 19.3 Å². The summed E-state index contributed by atoms with van der Waals surface area (Å²) in [6.07, 6.45) is 22.4. The molecule has 0 aromatic rings. The van der Waals surface area contributed by atoms with Gasteiger partial charge >= 0.3 is 5.97 Å². The molecule has 1 atom stereocenters. The van der Waals surface area contributed by atoms with Crippen molar-refractivity contribution in [2.45, 2.75) is 109 Å². The van der Waals surface area contributed by atoms with Crippen LogP contribution in [0.2, 0.25) is 0 Å².